The third-order valence-electron chi connectivity index (χ3n) is 1.42. The van der Waals surface area contributed by atoms with Crippen LogP contribution in [0.2, 0.25) is 0 Å². The van der Waals surface area contributed by atoms with Crippen LogP contribution in [0.25, 0.3) is 0 Å². The lowest BCUT2D eigenvalue weighted by Crippen LogP contribution is -2.53. The maximum atomic E-state index is 11.6. The highest BCUT2D eigenvalue weighted by Crippen LogP contribution is 2.28. The van der Waals surface area contributed by atoms with Crippen LogP contribution in [0.15, 0.2) is 0 Å². The molecular weight excluding hydrogens is 145 g/mol. The van der Waals surface area contributed by atoms with Crippen LogP contribution in [0, 0.1) is 17.2 Å². The van der Waals surface area contributed by atoms with Crippen molar-refractivity contribution in [1.29, 1.82) is 5.26 Å². The standard InChI is InChI=1S/C5H5F3N2/c6-5(7,8)10-2-4(1-9)3-10/h4H,2-3H2. The van der Waals surface area contributed by atoms with Gasteiger partial charge in [0.15, 0.2) is 0 Å². The molecule has 0 radical (unpaired) electrons. The van der Waals surface area contributed by atoms with Gasteiger partial charge in [0.05, 0.1) is 12.0 Å². The minimum absolute atomic E-state index is 0.167. The van der Waals surface area contributed by atoms with Crippen LogP contribution in [0.4, 0.5) is 13.2 Å². The van der Waals surface area contributed by atoms with Crippen molar-refractivity contribution >= 4 is 0 Å². The van der Waals surface area contributed by atoms with Crippen LogP contribution in [0.5, 0.6) is 0 Å². The molecule has 1 aliphatic rings. The predicted octanol–water partition coefficient (Wildman–Crippen LogP) is 0.962. The average molecular weight is 150 g/mol. The van der Waals surface area contributed by atoms with Crippen molar-refractivity contribution in [3.63, 3.8) is 0 Å². The van der Waals surface area contributed by atoms with E-state index in [-0.39, 0.29) is 13.1 Å². The molecule has 1 heterocycles. The summed E-state index contributed by atoms with van der Waals surface area (Å²) >= 11 is 0. The molecule has 0 saturated carbocycles. The van der Waals surface area contributed by atoms with E-state index in [1.165, 1.54) is 0 Å². The zero-order valence-corrected chi connectivity index (χ0v) is 5.02. The van der Waals surface area contributed by atoms with Gasteiger partial charge in [-0.1, -0.05) is 0 Å². The second-order valence-corrected chi connectivity index (χ2v) is 2.20. The molecule has 0 aromatic heterocycles. The van der Waals surface area contributed by atoms with Gasteiger partial charge in [-0.15, -0.1) is 0 Å². The number of halogens is 3. The number of nitrogens with zero attached hydrogens (tertiary/aromatic N) is 2. The van der Waals surface area contributed by atoms with Gasteiger partial charge in [-0.2, -0.15) is 18.4 Å². The van der Waals surface area contributed by atoms with Crippen molar-refractivity contribution in [2.24, 2.45) is 5.92 Å². The lowest BCUT2D eigenvalue weighted by Gasteiger charge is -2.35. The molecule has 0 amide bonds. The molecule has 1 rings (SSSR count). The fourth-order valence-corrected chi connectivity index (χ4v) is 0.767. The SMILES string of the molecule is N#CC1CN(C(F)(F)F)C1. The molecule has 0 N–H and O–H groups in total. The maximum Gasteiger partial charge on any atom is 0.460 e. The summed E-state index contributed by atoms with van der Waals surface area (Å²) in [5, 5.41) is 8.13. The van der Waals surface area contributed by atoms with Gasteiger partial charge in [-0.05, 0) is 0 Å². The predicted molar refractivity (Wildman–Crippen MR) is 26.7 cm³/mol. The van der Waals surface area contributed by atoms with Crippen LogP contribution >= 0.6 is 0 Å². The first-order valence-corrected chi connectivity index (χ1v) is 2.75. The molecule has 0 unspecified atom stereocenters. The first-order valence-electron chi connectivity index (χ1n) is 2.75. The fourth-order valence-electron chi connectivity index (χ4n) is 0.767. The molecule has 5 heteroatoms. The summed E-state index contributed by atoms with van der Waals surface area (Å²) < 4.78 is 34.9. The Bertz CT molecular complexity index is 163. The van der Waals surface area contributed by atoms with Gasteiger partial charge in [0.2, 0.25) is 0 Å². The van der Waals surface area contributed by atoms with E-state index < -0.39 is 12.2 Å². The topological polar surface area (TPSA) is 27.0 Å². The van der Waals surface area contributed by atoms with Crippen LogP contribution in [-0.2, 0) is 0 Å². The van der Waals surface area contributed by atoms with E-state index in [2.05, 4.69) is 0 Å². The largest absolute Gasteiger partial charge is 0.460 e. The van der Waals surface area contributed by atoms with Crippen molar-refractivity contribution in [2.45, 2.75) is 6.30 Å². The Morgan fingerprint density at radius 1 is 1.40 bits per heavy atom. The first kappa shape index (κ1) is 7.35. The monoisotopic (exact) mass is 150 g/mol. The van der Waals surface area contributed by atoms with Crippen molar-refractivity contribution in [3.8, 4) is 6.07 Å². The summed E-state index contributed by atoms with van der Waals surface area (Å²) in [5.74, 6) is -0.429. The number of nitriles is 1. The number of rotatable bonds is 0. The molecule has 10 heavy (non-hydrogen) atoms. The van der Waals surface area contributed by atoms with Gasteiger partial charge in [0, 0.05) is 13.1 Å². The molecular formula is C5H5F3N2. The molecule has 0 bridgehead atoms. The van der Waals surface area contributed by atoms with Crippen LogP contribution in [0.3, 0.4) is 0 Å². The van der Waals surface area contributed by atoms with E-state index >= 15 is 0 Å². The van der Waals surface area contributed by atoms with E-state index in [0.717, 1.165) is 0 Å². The molecule has 1 saturated heterocycles. The Balaban J connectivity index is 2.35. The lowest BCUT2D eigenvalue weighted by molar-refractivity contribution is -0.270. The maximum absolute atomic E-state index is 11.6. The molecule has 0 aliphatic carbocycles. The van der Waals surface area contributed by atoms with Crippen molar-refractivity contribution < 1.29 is 13.2 Å². The molecule has 0 aromatic rings. The number of hydrogen-bond acceptors (Lipinski definition) is 2. The smallest absolute Gasteiger partial charge is 0.212 e. The molecule has 0 aromatic carbocycles. The highest BCUT2D eigenvalue weighted by Gasteiger charge is 2.45. The first-order chi connectivity index (χ1) is 4.54. The zero-order valence-electron chi connectivity index (χ0n) is 5.02. The molecule has 0 spiro atoms. The summed E-state index contributed by atoms with van der Waals surface area (Å²) in [6, 6.07) is 1.76. The van der Waals surface area contributed by atoms with Crippen molar-refractivity contribution in [1.82, 2.24) is 4.90 Å². The van der Waals surface area contributed by atoms with E-state index in [1.807, 2.05) is 0 Å². The Kier molecular flexibility index (Phi) is 1.57. The Morgan fingerprint density at radius 2 is 1.90 bits per heavy atom. The Labute approximate surface area is 55.8 Å². The quantitative estimate of drug-likeness (QED) is 0.481. The summed E-state index contributed by atoms with van der Waals surface area (Å²) in [6.07, 6.45) is -4.24. The van der Waals surface area contributed by atoms with Gasteiger partial charge in [-0.3, -0.25) is 0 Å². The van der Waals surface area contributed by atoms with Gasteiger partial charge >= 0.3 is 6.30 Å². The van der Waals surface area contributed by atoms with E-state index in [1.54, 1.807) is 6.07 Å². The van der Waals surface area contributed by atoms with Gasteiger partial charge in [-0.25, -0.2) is 4.90 Å². The third-order valence-corrected chi connectivity index (χ3v) is 1.42. The zero-order chi connectivity index (χ0) is 7.78. The minimum Gasteiger partial charge on any atom is -0.212 e. The highest BCUT2D eigenvalue weighted by molar-refractivity contribution is 4.95. The van der Waals surface area contributed by atoms with Crippen LogP contribution in [0.1, 0.15) is 0 Å². The fraction of sp³-hybridized carbons (Fsp3) is 0.800. The Morgan fingerprint density at radius 3 is 2.20 bits per heavy atom. The van der Waals surface area contributed by atoms with Crippen LogP contribution < -0.4 is 0 Å². The second kappa shape index (κ2) is 2.13. The van der Waals surface area contributed by atoms with Gasteiger partial charge < -0.3 is 0 Å². The lowest BCUT2D eigenvalue weighted by atomic mass is 10.0. The Hall–Kier alpha value is -0.760. The van der Waals surface area contributed by atoms with E-state index in [9.17, 15) is 13.2 Å². The number of hydrogen-bond donors (Lipinski definition) is 0. The summed E-state index contributed by atoms with van der Waals surface area (Å²) in [6.45, 7) is -0.333. The molecule has 1 fully saturated rings. The van der Waals surface area contributed by atoms with E-state index in [0.29, 0.717) is 4.90 Å². The normalized spacial score (nSPS) is 21.8. The molecule has 2 nitrogen and oxygen atoms in total. The number of alkyl halides is 3. The molecule has 1 aliphatic heterocycles. The van der Waals surface area contributed by atoms with Crippen LogP contribution in [-0.4, -0.2) is 24.3 Å². The van der Waals surface area contributed by atoms with E-state index in [4.69, 9.17) is 5.26 Å². The minimum atomic E-state index is -4.24. The summed E-state index contributed by atoms with van der Waals surface area (Å²) in [7, 11) is 0. The van der Waals surface area contributed by atoms with Gasteiger partial charge in [0.1, 0.15) is 0 Å². The number of likely N-dealkylation sites (tertiary alicyclic amines) is 1. The molecule has 0 atom stereocenters. The molecule has 56 valence electrons. The summed E-state index contributed by atoms with van der Waals surface area (Å²) in [5.41, 5.74) is 0. The highest BCUT2D eigenvalue weighted by atomic mass is 19.4. The van der Waals surface area contributed by atoms with Crippen molar-refractivity contribution in [3.05, 3.63) is 0 Å². The average Bonchev–Trinajstić information content (AvgIpc) is 1.57. The van der Waals surface area contributed by atoms with Gasteiger partial charge in [0.25, 0.3) is 0 Å². The third kappa shape index (κ3) is 1.21. The second-order valence-electron chi connectivity index (χ2n) is 2.20. The summed E-state index contributed by atoms with van der Waals surface area (Å²) in [4.78, 5) is 0.320. The van der Waals surface area contributed by atoms with Crippen molar-refractivity contribution in [2.75, 3.05) is 13.1 Å².